The van der Waals surface area contributed by atoms with Gasteiger partial charge in [-0.2, -0.15) is 0 Å². The van der Waals surface area contributed by atoms with Gasteiger partial charge in [-0.05, 0) is 78.7 Å². The van der Waals surface area contributed by atoms with Crippen LogP contribution in [0.15, 0.2) is 85.5 Å². The highest BCUT2D eigenvalue weighted by Gasteiger charge is 1.98. The lowest BCUT2D eigenvalue weighted by atomic mass is 10.0. The third-order valence-corrected chi connectivity index (χ3v) is 5.38. The zero-order valence-corrected chi connectivity index (χ0v) is 16.6. The Morgan fingerprint density at radius 3 is 2.46 bits per heavy atom. The van der Waals surface area contributed by atoms with E-state index in [0.29, 0.717) is 0 Å². The van der Waals surface area contributed by atoms with E-state index in [1.165, 1.54) is 41.1 Å². The van der Waals surface area contributed by atoms with Gasteiger partial charge in [0, 0.05) is 3.57 Å². The molecule has 0 aliphatic heterocycles. The van der Waals surface area contributed by atoms with Gasteiger partial charge in [-0.1, -0.05) is 85.5 Å². The molecule has 0 saturated carbocycles. The second kappa shape index (κ2) is 7.46. The standard InChI is InChI=1S/C25H19I/c1-2-5-24-20(13-12-19-6-3-4-7-25(19)24)10-8-18-9-11-22-17-23(26)15-14-21(22)16-18/h2-7,9-17H,1,8H2/b20-10-,24-5+. The van der Waals surface area contributed by atoms with Crippen LogP contribution in [0.25, 0.3) is 33.7 Å². The van der Waals surface area contributed by atoms with Crippen LogP contribution >= 0.6 is 22.6 Å². The lowest BCUT2D eigenvalue weighted by Crippen LogP contribution is -2.25. The Morgan fingerprint density at radius 2 is 1.58 bits per heavy atom. The molecule has 0 aliphatic carbocycles. The second-order valence-electron chi connectivity index (χ2n) is 6.43. The minimum absolute atomic E-state index is 0.915. The first-order valence-electron chi connectivity index (χ1n) is 8.73. The maximum absolute atomic E-state index is 3.89. The summed E-state index contributed by atoms with van der Waals surface area (Å²) in [5.74, 6) is 0. The van der Waals surface area contributed by atoms with Crippen LogP contribution in [0.3, 0.4) is 0 Å². The average molecular weight is 446 g/mol. The summed E-state index contributed by atoms with van der Waals surface area (Å²) in [5.41, 5.74) is 1.33. The molecule has 126 valence electrons. The molecular weight excluding hydrogens is 427 g/mol. The van der Waals surface area contributed by atoms with Gasteiger partial charge in [0.25, 0.3) is 0 Å². The highest BCUT2D eigenvalue weighted by Crippen LogP contribution is 2.19. The fourth-order valence-corrected chi connectivity index (χ4v) is 3.93. The summed E-state index contributed by atoms with van der Waals surface area (Å²) in [5, 5.41) is 7.63. The summed E-state index contributed by atoms with van der Waals surface area (Å²) in [4.78, 5) is 0. The van der Waals surface area contributed by atoms with Crippen molar-refractivity contribution in [1.82, 2.24) is 0 Å². The third kappa shape index (κ3) is 3.45. The van der Waals surface area contributed by atoms with Crippen molar-refractivity contribution < 1.29 is 0 Å². The fourth-order valence-electron chi connectivity index (χ4n) is 3.42. The summed E-state index contributed by atoms with van der Waals surface area (Å²) in [6.07, 6.45) is 7.21. The Morgan fingerprint density at radius 1 is 0.808 bits per heavy atom. The Bertz CT molecular complexity index is 1230. The molecule has 0 heterocycles. The van der Waals surface area contributed by atoms with Crippen LogP contribution in [-0.2, 0) is 6.42 Å². The van der Waals surface area contributed by atoms with Gasteiger partial charge in [-0.15, -0.1) is 0 Å². The fraction of sp³-hybridized carbons (Fsp3) is 0.0400. The van der Waals surface area contributed by atoms with Crippen LogP contribution in [0.4, 0.5) is 0 Å². The summed E-state index contributed by atoms with van der Waals surface area (Å²) in [7, 11) is 0. The van der Waals surface area contributed by atoms with Gasteiger partial charge in [0.05, 0.1) is 0 Å². The maximum atomic E-state index is 3.89. The molecule has 0 bridgehead atoms. The van der Waals surface area contributed by atoms with E-state index in [2.05, 4.69) is 114 Å². The van der Waals surface area contributed by atoms with Crippen molar-refractivity contribution in [1.29, 1.82) is 0 Å². The molecule has 4 aromatic carbocycles. The van der Waals surface area contributed by atoms with Gasteiger partial charge < -0.3 is 0 Å². The molecule has 0 fully saturated rings. The van der Waals surface area contributed by atoms with Crippen molar-refractivity contribution in [2.75, 3.05) is 0 Å². The number of allylic oxidation sites excluding steroid dienone is 1. The molecule has 4 aromatic rings. The largest absolute Gasteiger partial charge is 0.0990 e. The van der Waals surface area contributed by atoms with Gasteiger partial charge in [-0.3, -0.25) is 0 Å². The van der Waals surface area contributed by atoms with Gasteiger partial charge in [0.1, 0.15) is 0 Å². The Hall–Kier alpha value is -2.39. The molecule has 0 N–H and O–H groups in total. The average Bonchev–Trinajstić information content (AvgIpc) is 2.67. The zero-order valence-electron chi connectivity index (χ0n) is 14.5. The number of fused-ring (bicyclic) bond motifs is 2. The van der Waals surface area contributed by atoms with Crippen molar-refractivity contribution >= 4 is 56.3 Å². The Kier molecular flexibility index (Phi) is 4.89. The number of benzene rings is 4. The molecule has 0 spiro atoms. The normalized spacial score (nSPS) is 12.8. The number of rotatable bonds is 3. The van der Waals surface area contributed by atoms with Crippen LogP contribution in [0.1, 0.15) is 5.56 Å². The predicted molar refractivity (Wildman–Crippen MR) is 123 cm³/mol. The van der Waals surface area contributed by atoms with E-state index in [-0.39, 0.29) is 0 Å². The molecule has 0 nitrogen and oxygen atoms in total. The molecule has 0 saturated heterocycles. The molecule has 0 unspecified atom stereocenters. The van der Waals surface area contributed by atoms with E-state index in [9.17, 15) is 0 Å². The minimum atomic E-state index is 0.915. The van der Waals surface area contributed by atoms with E-state index in [1.54, 1.807) is 0 Å². The predicted octanol–water partition coefficient (Wildman–Crippen LogP) is 5.59. The topological polar surface area (TPSA) is 0 Å². The quantitative estimate of drug-likeness (QED) is 0.360. The SMILES string of the molecule is C=C/C=c1\c(=C/Cc2ccc3cc(I)ccc3c2)ccc2ccccc12. The first kappa shape index (κ1) is 17.0. The molecule has 0 aliphatic rings. The second-order valence-corrected chi connectivity index (χ2v) is 7.67. The molecular formula is C25H19I. The van der Waals surface area contributed by atoms with Crippen LogP contribution in [0.5, 0.6) is 0 Å². The lowest BCUT2D eigenvalue weighted by Gasteiger charge is -2.03. The maximum Gasteiger partial charge on any atom is 0.0136 e. The van der Waals surface area contributed by atoms with E-state index >= 15 is 0 Å². The van der Waals surface area contributed by atoms with Crippen molar-refractivity contribution in [3.05, 3.63) is 105 Å². The van der Waals surface area contributed by atoms with Crippen molar-refractivity contribution in [3.8, 4) is 0 Å². The van der Waals surface area contributed by atoms with Crippen LogP contribution in [-0.4, -0.2) is 0 Å². The summed E-state index contributed by atoms with van der Waals surface area (Å²) >= 11 is 2.36. The van der Waals surface area contributed by atoms with Gasteiger partial charge >= 0.3 is 0 Å². The molecule has 26 heavy (non-hydrogen) atoms. The minimum Gasteiger partial charge on any atom is -0.0990 e. The highest BCUT2D eigenvalue weighted by molar-refractivity contribution is 14.1. The van der Waals surface area contributed by atoms with Crippen molar-refractivity contribution in [2.24, 2.45) is 0 Å². The smallest absolute Gasteiger partial charge is 0.0136 e. The van der Waals surface area contributed by atoms with E-state index < -0.39 is 0 Å². The first-order chi connectivity index (χ1) is 12.7. The van der Waals surface area contributed by atoms with Crippen LogP contribution in [0, 0.1) is 3.57 Å². The molecule has 0 atom stereocenters. The lowest BCUT2D eigenvalue weighted by molar-refractivity contribution is 1.33. The van der Waals surface area contributed by atoms with Gasteiger partial charge in [0.15, 0.2) is 0 Å². The Labute approximate surface area is 167 Å². The third-order valence-electron chi connectivity index (χ3n) is 4.71. The number of hydrogen-bond donors (Lipinski definition) is 0. The van der Waals surface area contributed by atoms with Crippen LogP contribution < -0.4 is 10.4 Å². The molecule has 0 aromatic heterocycles. The summed E-state index contributed by atoms with van der Waals surface area (Å²) < 4.78 is 1.27. The molecule has 0 radical (unpaired) electrons. The highest BCUT2D eigenvalue weighted by atomic mass is 127. The molecule has 1 heteroatoms. The Balaban J connectivity index is 1.79. The van der Waals surface area contributed by atoms with E-state index in [1.807, 2.05) is 6.08 Å². The van der Waals surface area contributed by atoms with Gasteiger partial charge in [0.2, 0.25) is 0 Å². The summed E-state index contributed by atoms with van der Waals surface area (Å²) in [6.45, 7) is 3.89. The number of hydrogen-bond acceptors (Lipinski definition) is 0. The van der Waals surface area contributed by atoms with Crippen LogP contribution in [0.2, 0.25) is 0 Å². The zero-order chi connectivity index (χ0) is 17.9. The van der Waals surface area contributed by atoms with Crippen molar-refractivity contribution in [2.45, 2.75) is 6.42 Å². The van der Waals surface area contributed by atoms with Gasteiger partial charge in [-0.25, -0.2) is 0 Å². The van der Waals surface area contributed by atoms with Crippen molar-refractivity contribution in [3.63, 3.8) is 0 Å². The monoisotopic (exact) mass is 446 g/mol. The van der Waals surface area contributed by atoms with E-state index in [0.717, 1.165) is 6.42 Å². The first-order valence-corrected chi connectivity index (χ1v) is 9.81. The van der Waals surface area contributed by atoms with E-state index in [4.69, 9.17) is 0 Å². The molecule has 4 rings (SSSR count). The molecule has 0 amide bonds. The summed E-state index contributed by atoms with van der Waals surface area (Å²) in [6, 6.07) is 26.3. The number of halogens is 1.